The topological polar surface area (TPSA) is 58.2 Å². The van der Waals surface area contributed by atoms with Crippen molar-refractivity contribution in [2.45, 2.75) is 0 Å². The molecule has 120 valence electrons. The van der Waals surface area contributed by atoms with Crippen LogP contribution >= 0.6 is 23.2 Å². The lowest BCUT2D eigenvalue weighted by molar-refractivity contribution is -0.115. The normalized spacial score (nSPS) is 10.3. The molecule has 2 aromatic carbocycles. The van der Waals surface area contributed by atoms with Gasteiger partial charge in [-0.2, -0.15) is 0 Å². The van der Waals surface area contributed by atoms with Gasteiger partial charge in [0.25, 0.3) is 5.91 Å². The number of benzene rings is 2. The number of amides is 2. The minimum absolute atomic E-state index is 0.266. The van der Waals surface area contributed by atoms with Gasteiger partial charge in [0, 0.05) is 11.8 Å². The highest BCUT2D eigenvalue weighted by molar-refractivity contribution is 6.42. The SMILES string of the molecule is O=C(CNC(=O)c1ccc(F)cc1F)Nc1ccc(Cl)c(Cl)c1. The molecule has 0 heterocycles. The third-order valence-electron chi connectivity index (χ3n) is 2.79. The molecule has 0 fully saturated rings. The molecule has 2 aromatic rings. The third kappa shape index (κ3) is 4.64. The van der Waals surface area contributed by atoms with Crippen molar-refractivity contribution < 1.29 is 18.4 Å². The molecule has 0 aromatic heterocycles. The summed E-state index contributed by atoms with van der Waals surface area (Å²) in [5.74, 6) is -3.17. The molecule has 0 bridgehead atoms. The fourth-order valence-electron chi connectivity index (χ4n) is 1.71. The molecule has 0 aliphatic rings. The molecule has 2 amide bonds. The van der Waals surface area contributed by atoms with Crippen molar-refractivity contribution in [1.29, 1.82) is 0 Å². The van der Waals surface area contributed by atoms with Gasteiger partial charge >= 0.3 is 0 Å². The lowest BCUT2D eigenvalue weighted by Gasteiger charge is -2.08. The van der Waals surface area contributed by atoms with Gasteiger partial charge in [0.1, 0.15) is 11.6 Å². The average molecular weight is 359 g/mol. The van der Waals surface area contributed by atoms with Crippen molar-refractivity contribution in [2.75, 3.05) is 11.9 Å². The first-order valence-electron chi connectivity index (χ1n) is 6.35. The summed E-state index contributed by atoms with van der Waals surface area (Å²) in [4.78, 5) is 23.5. The Morgan fingerprint density at radius 2 is 1.74 bits per heavy atom. The standard InChI is InChI=1S/C15H10Cl2F2N2O2/c16-11-4-2-9(6-12(11)17)21-14(22)7-20-15(23)10-3-1-8(18)5-13(10)19/h1-6H,7H2,(H,20,23)(H,21,22). The van der Waals surface area contributed by atoms with Gasteiger partial charge in [-0.1, -0.05) is 23.2 Å². The molecule has 0 saturated heterocycles. The lowest BCUT2D eigenvalue weighted by Crippen LogP contribution is -2.33. The number of hydrogen-bond acceptors (Lipinski definition) is 2. The van der Waals surface area contributed by atoms with E-state index in [1.54, 1.807) is 0 Å². The average Bonchev–Trinajstić information content (AvgIpc) is 2.48. The second kappa shape index (κ2) is 7.39. The summed E-state index contributed by atoms with van der Waals surface area (Å²) in [5.41, 5.74) is 0.0420. The van der Waals surface area contributed by atoms with Crippen LogP contribution in [0.3, 0.4) is 0 Å². The summed E-state index contributed by atoms with van der Waals surface area (Å²) in [5, 5.41) is 5.33. The van der Waals surface area contributed by atoms with E-state index in [0.717, 1.165) is 12.1 Å². The largest absolute Gasteiger partial charge is 0.343 e. The fraction of sp³-hybridized carbons (Fsp3) is 0.0667. The van der Waals surface area contributed by atoms with Gasteiger partial charge in [-0.05, 0) is 30.3 Å². The first kappa shape index (κ1) is 17.2. The minimum atomic E-state index is -1.01. The smallest absolute Gasteiger partial charge is 0.254 e. The number of carbonyl (C=O) groups is 2. The van der Waals surface area contributed by atoms with E-state index < -0.39 is 30.0 Å². The molecule has 0 atom stereocenters. The number of hydrogen-bond donors (Lipinski definition) is 2. The number of rotatable bonds is 4. The van der Waals surface area contributed by atoms with Gasteiger partial charge in [0.15, 0.2) is 0 Å². The van der Waals surface area contributed by atoms with Gasteiger partial charge in [-0.15, -0.1) is 0 Å². The second-order valence-electron chi connectivity index (χ2n) is 4.48. The summed E-state index contributed by atoms with van der Waals surface area (Å²) in [6.07, 6.45) is 0. The Morgan fingerprint density at radius 1 is 1.00 bits per heavy atom. The first-order valence-corrected chi connectivity index (χ1v) is 7.10. The highest BCUT2D eigenvalue weighted by Crippen LogP contribution is 2.24. The van der Waals surface area contributed by atoms with Crippen LogP contribution in [-0.4, -0.2) is 18.4 Å². The van der Waals surface area contributed by atoms with E-state index in [1.807, 2.05) is 0 Å². The molecule has 0 spiro atoms. The summed E-state index contributed by atoms with van der Waals surface area (Å²) in [6, 6.07) is 7.03. The predicted molar refractivity (Wildman–Crippen MR) is 83.8 cm³/mol. The number of anilines is 1. The molecule has 2 rings (SSSR count). The second-order valence-corrected chi connectivity index (χ2v) is 5.30. The Morgan fingerprint density at radius 3 is 2.39 bits per heavy atom. The van der Waals surface area contributed by atoms with Crippen LogP contribution in [0, 0.1) is 11.6 Å². The first-order chi connectivity index (χ1) is 10.9. The maximum absolute atomic E-state index is 13.4. The third-order valence-corrected chi connectivity index (χ3v) is 3.53. The summed E-state index contributed by atoms with van der Waals surface area (Å²) in [6.45, 7) is -0.393. The monoisotopic (exact) mass is 358 g/mol. The molecule has 0 aliphatic carbocycles. The van der Waals surface area contributed by atoms with Crippen molar-refractivity contribution in [3.05, 3.63) is 63.6 Å². The molecule has 4 nitrogen and oxygen atoms in total. The molecular formula is C15H10Cl2F2N2O2. The lowest BCUT2D eigenvalue weighted by atomic mass is 10.2. The van der Waals surface area contributed by atoms with Crippen LogP contribution < -0.4 is 10.6 Å². The van der Waals surface area contributed by atoms with Crippen molar-refractivity contribution in [2.24, 2.45) is 0 Å². The summed E-state index contributed by atoms with van der Waals surface area (Å²) < 4.78 is 26.2. The van der Waals surface area contributed by atoms with Gasteiger partial charge in [-0.3, -0.25) is 9.59 Å². The molecule has 8 heteroatoms. The van der Waals surface area contributed by atoms with Crippen LogP contribution in [0.2, 0.25) is 10.0 Å². The van der Waals surface area contributed by atoms with Crippen molar-refractivity contribution in [3.63, 3.8) is 0 Å². The Balaban J connectivity index is 1.93. The molecule has 0 saturated carbocycles. The van der Waals surface area contributed by atoms with Gasteiger partial charge in [0.05, 0.1) is 22.2 Å². The van der Waals surface area contributed by atoms with Crippen LogP contribution in [0.5, 0.6) is 0 Å². The fourth-order valence-corrected chi connectivity index (χ4v) is 2.01. The summed E-state index contributed by atoms with van der Waals surface area (Å²) >= 11 is 11.6. The van der Waals surface area contributed by atoms with Gasteiger partial charge < -0.3 is 10.6 Å². The Hall–Kier alpha value is -2.18. The van der Waals surface area contributed by atoms with Crippen LogP contribution in [-0.2, 0) is 4.79 Å². The highest BCUT2D eigenvalue weighted by Gasteiger charge is 2.13. The molecule has 2 N–H and O–H groups in total. The van der Waals surface area contributed by atoms with E-state index in [9.17, 15) is 18.4 Å². The zero-order valence-corrected chi connectivity index (χ0v) is 13.0. The van der Waals surface area contributed by atoms with E-state index in [0.29, 0.717) is 16.8 Å². The van der Waals surface area contributed by atoms with E-state index >= 15 is 0 Å². The Bertz CT molecular complexity index is 769. The van der Waals surface area contributed by atoms with E-state index in [2.05, 4.69) is 10.6 Å². The minimum Gasteiger partial charge on any atom is -0.343 e. The zero-order chi connectivity index (χ0) is 17.0. The van der Waals surface area contributed by atoms with Crippen LogP contribution in [0.4, 0.5) is 14.5 Å². The number of carbonyl (C=O) groups excluding carboxylic acids is 2. The Kier molecular flexibility index (Phi) is 5.52. The molecule has 0 radical (unpaired) electrons. The van der Waals surface area contributed by atoms with Gasteiger partial charge in [0.2, 0.25) is 5.91 Å². The molecular weight excluding hydrogens is 349 g/mol. The molecule has 23 heavy (non-hydrogen) atoms. The predicted octanol–water partition coefficient (Wildman–Crippen LogP) is 3.64. The van der Waals surface area contributed by atoms with E-state index in [4.69, 9.17) is 23.2 Å². The molecule has 0 unspecified atom stereocenters. The maximum Gasteiger partial charge on any atom is 0.254 e. The quantitative estimate of drug-likeness (QED) is 0.876. The summed E-state index contributed by atoms with van der Waals surface area (Å²) in [7, 11) is 0. The van der Waals surface area contributed by atoms with Crippen molar-refractivity contribution >= 4 is 40.7 Å². The highest BCUT2D eigenvalue weighted by atomic mass is 35.5. The maximum atomic E-state index is 13.4. The van der Waals surface area contributed by atoms with E-state index in [1.165, 1.54) is 18.2 Å². The van der Waals surface area contributed by atoms with Crippen molar-refractivity contribution in [3.8, 4) is 0 Å². The van der Waals surface area contributed by atoms with Gasteiger partial charge in [-0.25, -0.2) is 8.78 Å². The van der Waals surface area contributed by atoms with E-state index in [-0.39, 0.29) is 10.6 Å². The Labute approximate surface area is 140 Å². The zero-order valence-electron chi connectivity index (χ0n) is 11.5. The van der Waals surface area contributed by atoms with Crippen LogP contribution in [0.25, 0.3) is 0 Å². The van der Waals surface area contributed by atoms with Crippen LogP contribution in [0.15, 0.2) is 36.4 Å². The van der Waals surface area contributed by atoms with Crippen molar-refractivity contribution in [1.82, 2.24) is 5.32 Å². The van der Waals surface area contributed by atoms with Crippen LogP contribution in [0.1, 0.15) is 10.4 Å². The molecule has 0 aliphatic heterocycles. The number of nitrogens with one attached hydrogen (secondary N) is 2. The number of halogens is 4.